The summed E-state index contributed by atoms with van der Waals surface area (Å²) >= 11 is 0. The Hall–Kier alpha value is -3.61. The van der Waals surface area contributed by atoms with Crippen LogP contribution in [0.15, 0.2) is 60.7 Å². The van der Waals surface area contributed by atoms with E-state index >= 15 is 0 Å². The molecule has 0 unspecified atom stereocenters. The number of rotatable bonds is 4. The second kappa shape index (κ2) is 7.59. The van der Waals surface area contributed by atoms with Gasteiger partial charge in [0.25, 0.3) is 5.91 Å². The Labute approximate surface area is 137 Å². The summed E-state index contributed by atoms with van der Waals surface area (Å²) in [7, 11) is 0. The van der Waals surface area contributed by atoms with E-state index in [1.54, 1.807) is 30.3 Å². The molecule has 7 nitrogen and oxygen atoms in total. The Balaban J connectivity index is 1.95. The number of phenolic OH excluding ortho intramolecular Hbond substituents is 1. The average Bonchev–Trinajstić information content (AvgIpc) is 2.60. The maximum atomic E-state index is 11.8. The first kappa shape index (κ1) is 16.8. The smallest absolute Gasteiger partial charge is 0.310 e. The molecule has 0 bridgehead atoms. The van der Waals surface area contributed by atoms with Crippen molar-refractivity contribution < 1.29 is 24.6 Å². The van der Waals surface area contributed by atoms with Crippen LogP contribution >= 0.6 is 0 Å². The molecule has 122 valence electrons. The number of hydrogen-bond donors (Lipinski definition) is 4. The molecule has 2 aromatic carbocycles. The van der Waals surface area contributed by atoms with Gasteiger partial charge in [-0.3, -0.25) is 25.2 Å². The third-order valence-electron chi connectivity index (χ3n) is 2.96. The Bertz CT molecular complexity index is 800. The van der Waals surface area contributed by atoms with Crippen molar-refractivity contribution in [2.24, 2.45) is 0 Å². The van der Waals surface area contributed by atoms with Gasteiger partial charge in [-0.2, -0.15) is 0 Å². The summed E-state index contributed by atoms with van der Waals surface area (Å²) in [5.74, 6) is -3.34. The van der Waals surface area contributed by atoms with Gasteiger partial charge in [0.2, 0.25) is 5.78 Å². The highest BCUT2D eigenvalue weighted by Crippen LogP contribution is 2.11. The van der Waals surface area contributed by atoms with Crippen LogP contribution in [0.3, 0.4) is 0 Å². The number of aromatic hydroxyl groups is 1. The number of phenols is 1. The van der Waals surface area contributed by atoms with E-state index in [0.717, 1.165) is 6.08 Å². The van der Waals surface area contributed by atoms with Gasteiger partial charge in [0.05, 0.1) is 0 Å². The van der Waals surface area contributed by atoms with Gasteiger partial charge in [-0.05, 0) is 18.2 Å². The molecule has 0 atom stereocenters. The number of benzene rings is 2. The molecular formula is C17H14N2O5. The van der Waals surface area contributed by atoms with Gasteiger partial charge in [-0.25, -0.2) is 0 Å². The summed E-state index contributed by atoms with van der Waals surface area (Å²) in [5.41, 5.74) is 4.45. The molecule has 0 fully saturated rings. The van der Waals surface area contributed by atoms with Crippen LogP contribution in [-0.4, -0.2) is 27.8 Å². The quantitative estimate of drug-likeness (QED) is 0.293. The number of nitrogens with one attached hydrogen (secondary N) is 2. The Morgan fingerprint density at radius 1 is 0.875 bits per heavy atom. The first-order chi connectivity index (χ1) is 11.5. The summed E-state index contributed by atoms with van der Waals surface area (Å²) in [4.78, 5) is 35.1. The Kier molecular flexibility index (Phi) is 5.30. The monoisotopic (exact) mass is 326 g/mol. The van der Waals surface area contributed by atoms with Crippen LogP contribution < -0.4 is 10.9 Å². The number of hydrogen-bond acceptors (Lipinski definition) is 5. The molecule has 0 radical (unpaired) electrons. The minimum Gasteiger partial charge on any atom is -0.508 e. The first-order valence-corrected chi connectivity index (χ1v) is 6.87. The minimum absolute atomic E-state index is 0.102. The first-order valence-electron chi connectivity index (χ1n) is 6.87. The van der Waals surface area contributed by atoms with Crippen molar-refractivity contribution in [3.8, 4) is 5.75 Å². The summed E-state index contributed by atoms with van der Waals surface area (Å²) in [5, 5.41) is 19.0. The highest BCUT2D eigenvalue weighted by Gasteiger charge is 2.14. The van der Waals surface area contributed by atoms with Crippen LogP contribution in [0.5, 0.6) is 5.75 Å². The van der Waals surface area contributed by atoms with Crippen molar-refractivity contribution in [1.29, 1.82) is 0 Å². The lowest BCUT2D eigenvalue weighted by Crippen LogP contribution is -2.44. The van der Waals surface area contributed by atoms with Gasteiger partial charge in [-0.15, -0.1) is 0 Å². The van der Waals surface area contributed by atoms with Crippen molar-refractivity contribution in [2.75, 3.05) is 0 Å². The normalized spacial score (nSPS) is 10.8. The molecular weight excluding hydrogens is 312 g/mol. The number of ketones is 1. The van der Waals surface area contributed by atoms with Crippen LogP contribution in [-0.2, 0) is 9.59 Å². The molecule has 0 aliphatic heterocycles. The average molecular weight is 326 g/mol. The number of amides is 2. The molecule has 0 aliphatic rings. The van der Waals surface area contributed by atoms with Gasteiger partial charge >= 0.3 is 5.91 Å². The van der Waals surface area contributed by atoms with Crippen LogP contribution in [0.1, 0.15) is 15.9 Å². The molecule has 7 heteroatoms. The third kappa shape index (κ3) is 4.44. The second-order valence-electron chi connectivity index (χ2n) is 4.72. The van der Waals surface area contributed by atoms with Crippen molar-refractivity contribution in [2.45, 2.75) is 0 Å². The minimum atomic E-state index is -1.12. The van der Waals surface area contributed by atoms with E-state index in [0.29, 0.717) is 5.56 Å². The molecule has 2 amide bonds. The molecule has 2 aromatic rings. The highest BCUT2D eigenvalue weighted by atomic mass is 16.3. The van der Waals surface area contributed by atoms with Crippen molar-refractivity contribution in [3.63, 3.8) is 0 Å². The molecule has 0 aromatic heterocycles. The van der Waals surface area contributed by atoms with E-state index in [-0.39, 0.29) is 17.1 Å². The molecule has 0 heterocycles. The number of aliphatic hydroxyl groups is 1. The second-order valence-corrected chi connectivity index (χ2v) is 4.72. The van der Waals surface area contributed by atoms with E-state index < -0.39 is 17.6 Å². The SMILES string of the molecule is O=C(C=C(O)c1ccccc1)C(=O)NNC(=O)c1cccc(O)c1. The van der Waals surface area contributed by atoms with E-state index in [4.69, 9.17) is 0 Å². The number of hydrazine groups is 1. The summed E-state index contributed by atoms with van der Waals surface area (Å²) < 4.78 is 0. The molecule has 4 N–H and O–H groups in total. The maximum Gasteiger partial charge on any atom is 0.310 e. The molecule has 0 saturated carbocycles. The van der Waals surface area contributed by atoms with Crippen LogP contribution in [0.2, 0.25) is 0 Å². The van der Waals surface area contributed by atoms with E-state index in [1.165, 1.54) is 24.3 Å². The van der Waals surface area contributed by atoms with Crippen LogP contribution in [0.4, 0.5) is 0 Å². The highest BCUT2D eigenvalue weighted by molar-refractivity contribution is 6.41. The zero-order valence-corrected chi connectivity index (χ0v) is 12.4. The van der Waals surface area contributed by atoms with Crippen molar-refractivity contribution in [1.82, 2.24) is 10.9 Å². The summed E-state index contributed by atoms with van der Waals surface area (Å²) in [6.07, 6.45) is 0.755. The van der Waals surface area contributed by atoms with Gasteiger partial charge in [-0.1, -0.05) is 36.4 Å². The lowest BCUT2D eigenvalue weighted by Gasteiger charge is -2.06. The fraction of sp³-hybridized carbons (Fsp3) is 0. The zero-order chi connectivity index (χ0) is 17.5. The topological polar surface area (TPSA) is 116 Å². The van der Waals surface area contributed by atoms with Crippen LogP contribution in [0.25, 0.3) is 5.76 Å². The van der Waals surface area contributed by atoms with Gasteiger partial charge in [0.15, 0.2) is 0 Å². The maximum absolute atomic E-state index is 11.8. The van der Waals surface area contributed by atoms with Gasteiger partial charge in [0, 0.05) is 17.2 Å². The van der Waals surface area contributed by atoms with E-state index in [9.17, 15) is 24.6 Å². The predicted octanol–water partition coefficient (Wildman–Crippen LogP) is 1.32. The Morgan fingerprint density at radius 2 is 1.54 bits per heavy atom. The predicted molar refractivity (Wildman–Crippen MR) is 85.8 cm³/mol. The lowest BCUT2D eigenvalue weighted by atomic mass is 10.1. The van der Waals surface area contributed by atoms with Gasteiger partial charge < -0.3 is 10.2 Å². The summed E-state index contributed by atoms with van der Waals surface area (Å²) in [6.45, 7) is 0. The lowest BCUT2D eigenvalue weighted by molar-refractivity contribution is -0.135. The zero-order valence-electron chi connectivity index (χ0n) is 12.4. The molecule has 0 saturated heterocycles. The number of carbonyl (C=O) groups excluding carboxylic acids is 3. The third-order valence-corrected chi connectivity index (χ3v) is 2.96. The van der Waals surface area contributed by atoms with Crippen LogP contribution in [0, 0.1) is 0 Å². The van der Waals surface area contributed by atoms with E-state index in [1.807, 2.05) is 10.9 Å². The van der Waals surface area contributed by atoms with Gasteiger partial charge in [0.1, 0.15) is 11.5 Å². The number of aliphatic hydroxyl groups excluding tert-OH is 1. The van der Waals surface area contributed by atoms with E-state index in [2.05, 4.69) is 0 Å². The largest absolute Gasteiger partial charge is 0.508 e. The molecule has 24 heavy (non-hydrogen) atoms. The van der Waals surface area contributed by atoms with Crippen molar-refractivity contribution in [3.05, 3.63) is 71.8 Å². The Morgan fingerprint density at radius 3 is 2.21 bits per heavy atom. The summed E-state index contributed by atoms with van der Waals surface area (Å²) in [6, 6.07) is 13.7. The molecule has 0 spiro atoms. The fourth-order valence-corrected chi connectivity index (χ4v) is 1.78. The van der Waals surface area contributed by atoms with Crippen molar-refractivity contribution >= 4 is 23.4 Å². The number of carbonyl (C=O) groups is 3. The molecule has 0 aliphatic carbocycles. The molecule has 2 rings (SSSR count). The fourth-order valence-electron chi connectivity index (χ4n) is 1.78. The standard InChI is InChI=1S/C17H14N2O5/c20-13-8-4-7-12(9-13)16(23)18-19-17(24)15(22)10-14(21)11-5-2-1-3-6-11/h1-10,20-21H,(H,18,23)(H,19,24).